The highest BCUT2D eigenvalue weighted by Gasteiger charge is 2.08. The van der Waals surface area contributed by atoms with Gasteiger partial charge in [0.15, 0.2) is 0 Å². The molecule has 2 heteroatoms. The van der Waals surface area contributed by atoms with Crippen LogP contribution in [0.15, 0.2) is 28.7 Å². The molecular formula is C14H22BrN. The SMILES string of the molecule is CCC(CC)CNC(C)c1cccc(Br)c1. The van der Waals surface area contributed by atoms with E-state index in [4.69, 9.17) is 0 Å². The van der Waals surface area contributed by atoms with Crippen LogP contribution in [0.2, 0.25) is 0 Å². The van der Waals surface area contributed by atoms with Crippen molar-refractivity contribution in [3.63, 3.8) is 0 Å². The summed E-state index contributed by atoms with van der Waals surface area (Å²) in [6.07, 6.45) is 2.52. The average molecular weight is 284 g/mol. The van der Waals surface area contributed by atoms with Crippen LogP contribution in [0.25, 0.3) is 0 Å². The average Bonchev–Trinajstić information content (AvgIpc) is 2.30. The zero-order valence-electron chi connectivity index (χ0n) is 10.5. The van der Waals surface area contributed by atoms with Crippen LogP contribution in [0.3, 0.4) is 0 Å². The van der Waals surface area contributed by atoms with Crippen molar-refractivity contribution >= 4 is 15.9 Å². The number of rotatable bonds is 6. The fourth-order valence-corrected chi connectivity index (χ4v) is 2.23. The Bertz CT molecular complexity index is 307. The molecule has 0 saturated carbocycles. The van der Waals surface area contributed by atoms with E-state index in [1.165, 1.54) is 18.4 Å². The third-order valence-corrected chi connectivity index (χ3v) is 3.71. The number of benzene rings is 1. The molecule has 0 bridgehead atoms. The smallest absolute Gasteiger partial charge is 0.0292 e. The Balaban J connectivity index is 2.49. The van der Waals surface area contributed by atoms with Crippen molar-refractivity contribution in [2.75, 3.05) is 6.54 Å². The van der Waals surface area contributed by atoms with Crippen molar-refractivity contribution in [2.45, 2.75) is 39.7 Å². The van der Waals surface area contributed by atoms with Crippen molar-refractivity contribution in [1.82, 2.24) is 5.32 Å². The van der Waals surface area contributed by atoms with Gasteiger partial charge in [0.05, 0.1) is 0 Å². The minimum atomic E-state index is 0.429. The van der Waals surface area contributed by atoms with Gasteiger partial charge in [-0.3, -0.25) is 0 Å². The number of hydrogen-bond donors (Lipinski definition) is 1. The van der Waals surface area contributed by atoms with E-state index in [0.717, 1.165) is 16.9 Å². The molecule has 0 radical (unpaired) electrons. The number of hydrogen-bond acceptors (Lipinski definition) is 1. The lowest BCUT2D eigenvalue weighted by Crippen LogP contribution is -2.25. The van der Waals surface area contributed by atoms with Crippen LogP contribution >= 0.6 is 15.9 Å². The molecule has 0 spiro atoms. The van der Waals surface area contributed by atoms with Crippen LogP contribution in [0.4, 0.5) is 0 Å². The summed E-state index contributed by atoms with van der Waals surface area (Å²) in [6.45, 7) is 7.87. The Morgan fingerprint density at radius 3 is 2.50 bits per heavy atom. The van der Waals surface area contributed by atoms with Crippen molar-refractivity contribution in [1.29, 1.82) is 0 Å². The Kier molecular flexibility index (Phi) is 6.07. The molecule has 0 aliphatic carbocycles. The molecule has 16 heavy (non-hydrogen) atoms. The van der Waals surface area contributed by atoms with Gasteiger partial charge in [0.1, 0.15) is 0 Å². The minimum Gasteiger partial charge on any atom is -0.310 e. The van der Waals surface area contributed by atoms with Crippen LogP contribution < -0.4 is 5.32 Å². The van der Waals surface area contributed by atoms with E-state index in [2.05, 4.69) is 66.3 Å². The third-order valence-electron chi connectivity index (χ3n) is 3.22. The van der Waals surface area contributed by atoms with Gasteiger partial charge >= 0.3 is 0 Å². The molecule has 0 saturated heterocycles. The third kappa shape index (κ3) is 4.26. The summed E-state index contributed by atoms with van der Waals surface area (Å²) in [6, 6.07) is 8.95. The van der Waals surface area contributed by atoms with Gasteiger partial charge < -0.3 is 5.32 Å². The molecular weight excluding hydrogens is 262 g/mol. The van der Waals surface area contributed by atoms with Gasteiger partial charge in [0, 0.05) is 10.5 Å². The first-order valence-corrected chi connectivity index (χ1v) is 6.95. The summed E-state index contributed by atoms with van der Waals surface area (Å²) in [5.74, 6) is 0.801. The molecule has 90 valence electrons. The Morgan fingerprint density at radius 2 is 1.94 bits per heavy atom. The number of nitrogens with one attached hydrogen (secondary N) is 1. The molecule has 0 aliphatic heterocycles. The van der Waals surface area contributed by atoms with E-state index in [9.17, 15) is 0 Å². The second-order valence-electron chi connectivity index (χ2n) is 4.37. The Labute approximate surface area is 108 Å². The molecule has 0 amide bonds. The lowest BCUT2D eigenvalue weighted by Gasteiger charge is -2.19. The maximum atomic E-state index is 3.61. The van der Waals surface area contributed by atoms with Crippen LogP contribution in [-0.4, -0.2) is 6.54 Å². The van der Waals surface area contributed by atoms with Crippen LogP contribution in [-0.2, 0) is 0 Å². The maximum Gasteiger partial charge on any atom is 0.0292 e. The quantitative estimate of drug-likeness (QED) is 0.809. The monoisotopic (exact) mass is 283 g/mol. The zero-order valence-corrected chi connectivity index (χ0v) is 12.0. The van der Waals surface area contributed by atoms with Crippen LogP contribution in [0.1, 0.15) is 45.2 Å². The normalized spacial score (nSPS) is 13.1. The second-order valence-corrected chi connectivity index (χ2v) is 5.28. The lowest BCUT2D eigenvalue weighted by atomic mass is 10.0. The van der Waals surface area contributed by atoms with Gasteiger partial charge in [-0.05, 0) is 37.1 Å². The summed E-state index contributed by atoms with van der Waals surface area (Å²) in [5, 5.41) is 3.61. The molecule has 1 atom stereocenters. The van der Waals surface area contributed by atoms with Gasteiger partial charge in [0.2, 0.25) is 0 Å². The van der Waals surface area contributed by atoms with Gasteiger partial charge in [-0.25, -0.2) is 0 Å². The summed E-state index contributed by atoms with van der Waals surface area (Å²) >= 11 is 3.51. The largest absolute Gasteiger partial charge is 0.310 e. The maximum absolute atomic E-state index is 3.61. The first kappa shape index (κ1) is 13.7. The fourth-order valence-electron chi connectivity index (χ4n) is 1.81. The highest BCUT2D eigenvalue weighted by atomic mass is 79.9. The van der Waals surface area contributed by atoms with Crippen molar-refractivity contribution in [2.24, 2.45) is 5.92 Å². The van der Waals surface area contributed by atoms with Gasteiger partial charge in [-0.1, -0.05) is 54.8 Å². The van der Waals surface area contributed by atoms with Gasteiger partial charge in [-0.15, -0.1) is 0 Å². The van der Waals surface area contributed by atoms with Gasteiger partial charge in [0.25, 0.3) is 0 Å². The fraction of sp³-hybridized carbons (Fsp3) is 0.571. The molecule has 0 fully saturated rings. The van der Waals surface area contributed by atoms with Crippen LogP contribution in [0, 0.1) is 5.92 Å². The van der Waals surface area contributed by atoms with Crippen molar-refractivity contribution < 1.29 is 0 Å². The zero-order chi connectivity index (χ0) is 12.0. The highest BCUT2D eigenvalue weighted by molar-refractivity contribution is 9.10. The summed E-state index contributed by atoms with van der Waals surface area (Å²) < 4.78 is 1.15. The lowest BCUT2D eigenvalue weighted by molar-refractivity contribution is 0.422. The predicted octanol–water partition coefficient (Wildman–Crippen LogP) is 4.54. The predicted molar refractivity (Wildman–Crippen MR) is 74.6 cm³/mol. The first-order valence-electron chi connectivity index (χ1n) is 6.16. The van der Waals surface area contributed by atoms with E-state index in [-0.39, 0.29) is 0 Å². The minimum absolute atomic E-state index is 0.429. The molecule has 1 nitrogen and oxygen atoms in total. The summed E-state index contributed by atoms with van der Waals surface area (Å²) in [5.41, 5.74) is 1.35. The molecule has 1 aromatic rings. The molecule has 0 heterocycles. The van der Waals surface area contributed by atoms with Crippen LogP contribution in [0.5, 0.6) is 0 Å². The molecule has 1 rings (SSSR count). The Hall–Kier alpha value is -0.340. The molecule has 1 aromatic carbocycles. The van der Waals surface area contributed by atoms with E-state index < -0.39 is 0 Å². The van der Waals surface area contributed by atoms with E-state index >= 15 is 0 Å². The molecule has 0 aliphatic rings. The van der Waals surface area contributed by atoms with E-state index in [0.29, 0.717) is 6.04 Å². The second kappa shape index (κ2) is 7.08. The van der Waals surface area contributed by atoms with Crippen molar-refractivity contribution in [3.05, 3.63) is 34.3 Å². The summed E-state index contributed by atoms with van der Waals surface area (Å²) in [7, 11) is 0. The molecule has 0 aromatic heterocycles. The summed E-state index contributed by atoms with van der Waals surface area (Å²) in [4.78, 5) is 0. The highest BCUT2D eigenvalue weighted by Crippen LogP contribution is 2.18. The topological polar surface area (TPSA) is 12.0 Å². The first-order chi connectivity index (χ1) is 7.67. The van der Waals surface area contributed by atoms with E-state index in [1.807, 2.05) is 0 Å². The van der Waals surface area contributed by atoms with Crippen molar-refractivity contribution in [3.8, 4) is 0 Å². The molecule has 1 N–H and O–H groups in total. The van der Waals surface area contributed by atoms with Gasteiger partial charge in [-0.2, -0.15) is 0 Å². The molecule has 1 unspecified atom stereocenters. The Morgan fingerprint density at radius 1 is 1.25 bits per heavy atom. The standard InChI is InChI=1S/C14H22BrN/c1-4-12(5-2)10-16-11(3)13-7-6-8-14(15)9-13/h6-9,11-12,16H,4-5,10H2,1-3H3. The van der Waals surface area contributed by atoms with E-state index in [1.54, 1.807) is 0 Å². The number of halogens is 1.